The van der Waals surface area contributed by atoms with Crippen molar-refractivity contribution >= 4 is 33.2 Å². The molecule has 1 amide bonds. The highest BCUT2D eigenvalue weighted by Crippen LogP contribution is 2.40. The number of methoxy groups -OCH3 is 1. The van der Waals surface area contributed by atoms with Crippen molar-refractivity contribution in [1.82, 2.24) is 4.90 Å². The third-order valence-corrected chi connectivity index (χ3v) is 5.29. The number of ether oxygens (including phenoxy) is 2. The summed E-state index contributed by atoms with van der Waals surface area (Å²) in [6.07, 6.45) is 0. The lowest BCUT2D eigenvalue weighted by Gasteiger charge is -2.33. The fraction of sp³-hybridized carbons (Fsp3) is 0.583. The molecule has 0 saturated carbocycles. The minimum atomic E-state index is 0.0291. The smallest absolute Gasteiger partial charge is 0.268 e. The summed E-state index contributed by atoms with van der Waals surface area (Å²) in [7, 11) is 1.59. The van der Waals surface area contributed by atoms with Crippen molar-refractivity contribution in [3.63, 3.8) is 0 Å². The van der Waals surface area contributed by atoms with Crippen LogP contribution in [0.2, 0.25) is 0 Å². The fourth-order valence-corrected chi connectivity index (χ4v) is 3.69. The van der Waals surface area contributed by atoms with Crippen LogP contribution in [-0.4, -0.2) is 43.7 Å². The van der Waals surface area contributed by atoms with Crippen LogP contribution in [0.5, 0.6) is 5.75 Å². The molecule has 0 N–H and O–H groups in total. The highest BCUT2D eigenvalue weighted by atomic mass is 79.9. The van der Waals surface area contributed by atoms with Crippen molar-refractivity contribution in [3.8, 4) is 5.75 Å². The summed E-state index contributed by atoms with van der Waals surface area (Å²) in [5.74, 6) is 0.669. The van der Waals surface area contributed by atoms with Crippen LogP contribution in [0.25, 0.3) is 0 Å². The van der Waals surface area contributed by atoms with Crippen molar-refractivity contribution in [2.75, 3.05) is 26.9 Å². The van der Waals surface area contributed by atoms with Gasteiger partial charge < -0.3 is 14.4 Å². The monoisotopic (exact) mass is 333 g/mol. The second-order valence-electron chi connectivity index (χ2n) is 4.26. The fourth-order valence-electron chi connectivity index (χ4n) is 1.99. The lowest BCUT2D eigenvalue weighted by Crippen LogP contribution is -2.46. The number of nitrogens with zero attached hydrogens (tertiary/aromatic N) is 1. The molecule has 1 atom stereocenters. The summed E-state index contributed by atoms with van der Waals surface area (Å²) >= 11 is 4.92. The maximum atomic E-state index is 12.5. The molecule has 0 radical (unpaired) electrons. The second-order valence-corrected chi connectivity index (χ2v) is 6.27. The molecule has 18 heavy (non-hydrogen) atoms. The lowest BCUT2D eigenvalue weighted by molar-refractivity contribution is 0.00373. The minimum Gasteiger partial charge on any atom is -0.494 e. The Morgan fingerprint density at radius 2 is 2.33 bits per heavy atom. The molecule has 0 aromatic carbocycles. The van der Waals surface area contributed by atoms with Crippen LogP contribution in [0.3, 0.4) is 0 Å². The zero-order chi connectivity index (χ0) is 13.3. The highest BCUT2D eigenvalue weighted by molar-refractivity contribution is 9.10. The number of carbonyl (C=O) groups excluding carboxylic acids is 1. The van der Waals surface area contributed by atoms with Crippen LogP contribution in [0.15, 0.2) is 4.47 Å². The summed E-state index contributed by atoms with van der Waals surface area (Å²) in [6.45, 7) is 5.80. The van der Waals surface area contributed by atoms with Crippen LogP contribution >= 0.6 is 27.3 Å². The normalized spacial score (nSPS) is 20.0. The van der Waals surface area contributed by atoms with E-state index in [1.807, 2.05) is 18.7 Å². The van der Waals surface area contributed by atoms with Gasteiger partial charge in [-0.25, -0.2) is 0 Å². The molecule has 0 aliphatic carbocycles. The van der Waals surface area contributed by atoms with Crippen molar-refractivity contribution in [2.24, 2.45) is 0 Å². The van der Waals surface area contributed by atoms with E-state index in [1.165, 1.54) is 11.3 Å². The van der Waals surface area contributed by atoms with Crippen molar-refractivity contribution in [3.05, 3.63) is 14.2 Å². The van der Waals surface area contributed by atoms with Crippen molar-refractivity contribution in [2.45, 2.75) is 19.9 Å². The van der Waals surface area contributed by atoms with Gasteiger partial charge in [-0.15, -0.1) is 11.3 Å². The molecule has 1 saturated heterocycles. The molecule has 2 heterocycles. The van der Waals surface area contributed by atoms with E-state index in [0.29, 0.717) is 30.4 Å². The van der Waals surface area contributed by atoms with E-state index in [9.17, 15) is 4.79 Å². The van der Waals surface area contributed by atoms with Crippen LogP contribution in [-0.2, 0) is 4.74 Å². The molecule has 1 aromatic rings. The van der Waals surface area contributed by atoms with Gasteiger partial charge in [-0.2, -0.15) is 0 Å². The van der Waals surface area contributed by atoms with Crippen LogP contribution in [0, 0.1) is 6.92 Å². The highest BCUT2D eigenvalue weighted by Gasteiger charge is 2.29. The quantitative estimate of drug-likeness (QED) is 0.835. The van der Waals surface area contributed by atoms with Gasteiger partial charge in [-0.1, -0.05) is 0 Å². The largest absolute Gasteiger partial charge is 0.494 e. The first-order chi connectivity index (χ1) is 8.56. The van der Waals surface area contributed by atoms with Gasteiger partial charge in [0, 0.05) is 11.4 Å². The number of morpholine rings is 1. The minimum absolute atomic E-state index is 0.0291. The van der Waals surface area contributed by atoms with Gasteiger partial charge >= 0.3 is 0 Å². The van der Waals surface area contributed by atoms with Gasteiger partial charge in [0.25, 0.3) is 5.91 Å². The summed E-state index contributed by atoms with van der Waals surface area (Å²) < 4.78 is 11.6. The third kappa shape index (κ3) is 2.41. The van der Waals surface area contributed by atoms with Gasteiger partial charge in [-0.3, -0.25) is 4.79 Å². The second kappa shape index (κ2) is 5.59. The molecule has 2 rings (SSSR count). The molecule has 6 heteroatoms. The zero-order valence-electron chi connectivity index (χ0n) is 10.7. The molecule has 0 unspecified atom stereocenters. The maximum Gasteiger partial charge on any atom is 0.268 e. The van der Waals surface area contributed by atoms with E-state index >= 15 is 0 Å². The number of hydrogen-bond donors (Lipinski definition) is 0. The van der Waals surface area contributed by atoms with Gasteiger partial charge in [0.2, 0.25) is 0 Å². The van der Waals surface area contributed by atoms with Crippen molar-refractivity contribution in [1.29, 1.82) is 0 Å². The number of halogens is 1. The molecular weight excluding hydrogens is 318 g/mol. The maximum absolute atomic E-state index is 12.5. The predicted octanol–water partition coefficient (Wildman–Crippen LogP) is 2.69. The SMILES string of the molecule is COc1c(C(=O)N2CCOC[C@H]2C)sc(C)c1Br. The molecule has 100 valence electrons. The molecule has 4 nitrogen and oxygen atoms in total. The van der Waals surface area contributed by atoms with Crippen LogP contribution in [0.4, 0.5) is 0 Å². The Hall–Kier alpha value is -0.590. The van der Waals surface area contributed by atoms with Gasteiger partial charge in [0.15, 0.2) is 5.75 Å². The Morgan fingerprint density at radius 3 is 2.94 bits per heavy atom. The zero-order valence-corrected chi connectivity index (χ0v) is 13.1. The number of rotatable bonds is 2. The Bertz CT molecular complexity index is 460. The van der Waals surface area contributed by atoms with Gasteiger partial charge in [0.05, 0.1) is 30.8 Å². The Kier molecular flexibility index (Phi) is 4.29. The van der Waals surface area contributed by atoms with E-state index in [1.54, 1.807) is 7.11 Å². The Labute approximate surface area is 119 Å². The van der Waals surface area contributed by atoms with Crippen molar-refractivity contribution < 1.29 is 14.3 Å². The summed E-state index contributed by atoms with van der Waals surface area (Å²) in [4.78, 5) is 16.1. The first-order valence-corrected chi connectivity index (χ1v) is 7.38. The summed E-state index contributed by atoms with van der Waals surface area (Å²) in [5.41, 5.74) is 0. The molecule has 1 aromatic heterocycles. The summed E-state index contributed by atoms with van der Waals surface area (Å²) in [6, 6.07) is 0.108. The summed E-state index contributed by atoms with van der Waals surface area (Å²) in [5, 5.41) is 0. The molecule has 0 spiro atoms. The van der Waals surface area contributed by atoms with E-state index in [2.05, 4.69) is 15.9 Å². The number of amides is 1. The van der Waals surface area contributed by atoms with E-state index in [4.69, 9.17) is 9.47 Å². The van der Waals surface area contributed by atoms with Crippen LogP contribution in [0.1, 0.15) is 21.5 Å². The molecule has 1 aliphatic rings. The first kappa shape index (κ1) is 13.8. The van der Waals surface area contributed by atoms with E-state index < -0.39 is 0 Å². The average Bonchev–Trinajstić information content (AvgIpc) is 2.65. The van der Waals surface area contributed by atoms with Crippen LogP contribution < -0.4 is 4.74 Å². The molecule has 1 fully saturated rings. The molecular formula is C12H16BrNO3S. The lowest BCUT2D eigenvalue weighted by atomic mass is 10.2. The number of carbonyl (C=O) groups is 1. The number of hydrogen-bond acceptors (Lipinski definition) is 4. The number of aryl methyl sites for hydroxylation is 1. The van der Waals surface area contributed by atoms with Gasteiger partial charge in [-0.05, 0) is 29.8 Å². The van der Waals surface area contributed by atoms with Gasteiger partial charge in [0.1, 0.15) is 4.88 Å². The third-order valence-electron chi connectivity index (χ3n) is 3.00. The molecule has 0 bridgehead atoms. The predicted molar refractivity (Wildman–Crippen MR) is 74.6 cm³/mol. The first-order valence-electron chi connectivity index (χ1n) is 5.77. The standard InChI is InChI=1S/C12H16BrNO3S/c1-7-6-17-5-4-14(7)12(15)11-10(16-3)9(13)8(2)18-11/h7H,4-6H2,1-3H3/t7-/m1/s1. The van der Waals surface area contributed by atoms with E-state index in [0.717, 1.165) is 9.35 Å². The van der Waals surface area contributed by atoms with E-state index in [-0.39, 0.29) is 11.9 Å². The molecule has 1 aliphatic heterocycles. The average molecular weight is 334 g/mol. The Balaban J connectivity index is 2.30. The Morgan fingerprint density at radius 1 is 1.61 bits per heavy atom. The topological polar surface area (TPSA) is 38.8 Å². The number of thiophene rings is 1.